The van der Waals surface area contributed by atoms with E-state index >= 15 is 0 Å². The van der Waals surface area contributed by atoms with Gasteiger partial charge in [-0.2, -0.15) is 0 Å². The molecule has 1 saturated carbocycles. The van der Waals surface area contributed by atoms with Crippen molar-refractivity contribution in [2.45, 2.75) is 78.9 Å². The van der Waals surface area contributed by atoms with E-state index in [9.17, 15) is 10.2 Å². The molecule has 2 N–H and O–H groups in total. The molecule has 3 unspecified atom stereocenters. The summed E-state index contributed by atoms with van der Waals surface area (Å²) >= 11 is 0. The second kappa shape index (κ2) is 7.24. The largest absolute Gasteiger partial charge is 0.393 e. The zero-order valence-corrected chi connectivity index (χ0v) is 14.0. The Morgan fingerprint density at radius 2 is 1.70 bits per heavy atom. The Kier molecular flexibility index (Phi) is 6.49. The van der Waals surface area contributed by atoms with Gasteiger partial charge < -0.3 is 14.9 Å². The zero-order valence-electron chi connectivity index (χ0n) is 14.0. The van der Waals surface area contributed by atoms with Crippen LogP contribution in [-0.2, 0) is 4.74 Å². The summed E-state index contributed by atoms with van der Waals surface area (Å²) in [5.74, 6) is 0.316. The van der Waals surface area contributed by atoms with Crippen LogP contribution in [0.1, 0.15) is 66.7 Å². The van der Waals surface area contributed by atoms with Gasteiger partial charge in [0.25, 0.3) is 0 Å². The monoisotopic (exact) mass is 286 g/mol. The highest BCUT2D eigenvalue weighted by Gasteiger charge is 2.36. The van der Waals surface area contributed by atoms with Crippen molar-refractivity contribution >= 4 is 0 Å². The van der Waals surface area contributed by atoms with Crippen LogP contribution in [-0.4, -0.2) is 35.6 Å². The fourth-order valence-corrected chi connectivity index (χ4v) is 3.35. The van der Waals surface area contributed by atoms with Crippen LogP contribution >= 0.6 is 0 Å². The highest BCUT2D eigenvalue weighted by atomic mass is 16.5. The Morgan fingerprint density at radius 3 is 2.25 bits per heavy atom. The maximum absolute atomic E-state index is 10.2. The predicted molar refractivity (Wildman–Crippen MR) is 82.6 cm³/mol. The summed E-state index contributed by atoms with van der Waals surface area (Å²) in [5, 5.41) is 20.1. The molecule has 3 nitrogen and oxygen atoms in total. The van der Waals surface area contributed by atoms with Gasteiger partial charge >= 0.3 is 0 Å². The molecule has 0 bridgehead atoms. The highest BCUT2D eigenvalue weighted by Crippen LogP contribution is 2.38. The number of hydrogen-bond donors (Lipinski definition) is 2. The minimum Gasteiger partial charge on any atom is -0.393 e. The van der Waals surface area contributed by atoms with Gasteiger partial charge in [0, 0.05) is 0 Å². The van der Waals surface area contributed by atoms with Crippen LogP contribution in [0.2, 0.25) is 0 Å². The predicted octanol–water partition coefficient (Wildman–Crippen LogP) is 3.38. The van der Waals surface area contributed by atoms with Gasteiger partial charge in [-0.3, -0.25) is 0 Å². The number of aliphatic hydroxyl groups is 2. The summed E-state index contributed by atoms with van der Waals surface area (Å²) in [4.78, 5) is 0. The molecule has 0 saturated heterocycles. The van der Waals surface area contributed by atoms with Crippen LogP contribution in [0, 0.1) is 16.7 Å². The molecule has 120 valence electrons. The first kappa shape index (κ1) is 17.9. The normalized spacial score (nSPS) is 26.6. The third-order valence-electron chi connectivity index (χ3n) is 4.37. The van der Waals surface area contributed by atoms with Crippen molar-refractivity contribution in [1.29, 1.82) is 0 Å². The van der Waals surface area contributed by atoms with Crippen LogP contribution in [0.15, 0.2) is 0 Å². The lowest BCUT2D eigenvalue weighted by Crippen LogP contribution is -2.40. The van der Waals surface area contributed by atoms with E-state index in [1.54, 1.807) is 0 Å². The van der Waals surface area contributed by atoms with E-state index in [4.69, 9.17) is 4.74 Å². The van der Waals surface area contributed by atoms with Gasteiger partial charge in [0.2, 0.25) is 0 Å². The molecule has 1 aliphatic carbocycles. The molecule has 0 aromatic carbocycles. The number of aliphatic hydroxyl groups excluding tert-OH is 2. The lowest BCUT2D eigenvalue weighted by atomic mass is 9.70. The van der Waals surface area contributed by atoms with E-state index in [-0.39, 0.29) is 16.9 Å². The molecule has 0 spiro atoms. The Morgan fingerprint density at radius 1 is 1.10 bits per heavy atom. The van der Waals surface area contributed by atoms with Gasteiger partial charge in [0.15, 0.2) is 0 Å². The Bertz CT molecular complexity index is 280. The molecular formula is C17H34O3. The number of ether oxygens (including phenoxy) is 1. The first-order valence-electron chi connectivity index (χ1n) is 8.06. The second-order valence-corrected chi connectivity index (χ2v) is 8.38. The first-order valence-corrected chi connectivity index (χ1v) is 8.06. The number of hydrogen-bond acceptors (Lipinski definition) is 3. The van der Waals surface area contributed by atoms with Crippen molar-refractivity contribution in [3.63, 3.8) is 0 Å². The third kappa shape index (κ3) is 6.11. The fraction of sp³-hybridized carbons (Fsp3) is 1.00. The van der Waals surface area contributed by atoms with Gasteiger partial charge in [0.1, 0.15) is 0 Å². The van der Waals surface area contributed by atoms with Crippen molar-refractivity contribution < 1.29 is 14.9 Å². The summed E-state index contributed by atoms with van der Waals surface area (Å²) in [6.45, 7) is 11.7. The van der Waals surface area contributed by atoms with Crippen molar-refractivity contribution in [3.05, 3.63) is 0 Å². The molecule has 1 rings (SSSR count). The SMILES string of the molecule is CC(C)(C)CC(O)COCC(C)(C)C1CCCCC1O. The Balaban J connectivity index is 2.35. The smallest absolute Gasteiger partial charge is 0.0778 e. The molecule has 3 atom stereocenters. The molecule has 0 aliphatic heterocycles. The average Bonchev–Trinajstić information content (AvgIpc) is 2.26. The van der Waals surface area contributed by atoms with Crippen molar-refractivity contribution in [1.82, 2.24) is 0 Å². The topological polar surface area (TPSA) is 49.7 Å². The molecule has 0 amide bonds. The second-order valence-electron chi connectivity index (χ2n) is 8.38. The van der Waals surface area contributed by atoms with Gasteiger partial charge in [-0.05, 0) is 36.0 Å². The van der Waals surface area contributed by atoms with Crippen LogP contribution < -0.4 is 0 Å². The first-order chi connectivity index (χ1) is 9.12. The van der Waals surface area contributed by atoms with E-state index in [1.807, 2.05) is 0 Å². The molecule has 1 fully saturated rings. The lowest BCUT2D eigenvalue weighted by molar-refractivity contribution is -0.0625. The van der Waals surface area contributed by atoms with Crippen LogP contribution in [0.3, 0.4) is 0 Å². The standard InChI is InChI=1S/C17H34O3/c1-16(2,3)10-13(18)11-20-12-17(4,5)14-8-6-7-9-15(14)19/h13-15,18-19H,6-12H2,1-5H3. The van der Waals surface area contributed by atoms with Gasteiger partial charge in [-0.15, -0.1) is 0 Å². The van der Waals surface area contributed by atoms with E-state index in [2.05, 4.69) is 34.6 Å². The molecule has 0 aromatic heterocycles. The summed E-state index contributed by atoms with van der Waals surface area (Å²) in [6.07, 6.45) is 4.50. The van der Waals surface area contributed by atoms with E-state index in [0.717, 1.165) is 25.7 Å². The molecule has 3 heteroatoms. The van der Waals surface area contributed by atoms with Crippen molar-refractivity contribution in [2.24, 2.45) is 16.7 Å². The van der Waals surface area contributed by atoms with Crippen LogP contribution in [0.25, 0.3) is 0 Å². The molecular weight excluding hydrogens is 252 g/mol. The Labute approximate surface area is 124 Å². The summed E-state index contributed by atoms with van der Waals surface area (Å²) in [7, 11) is 0. The van der Waals surface area contributed by atoms with E-state index < -0.39 is 6.10 Å². The van der Waals surface area contributed by atoms with Crippen molar-refractivity contribution in [2.75, 3.05) is 13.2 Å². The number of rotatable bonds is 6. The molecule has 1 aliphatic rings. The van der Waals surface area contributed by atoms with Crippen LogP contribution in [0.4, 0.5) is 0 Å². The van der Waals surface area contributed by atoms with Gasteiger partial charge in [-0.1, -0.05) is 47.5 Å². The molecule has 20 heavy (non-hydrogen) atoms. The minimum absolute atomic E-state index is 0.0265. The zero-order chi connectivity index (χ0) is 15.4. The summed E-state index contributed by atoms with van der Waals surface area (Å²) in [5.41, 5.74) is 0.0964. The van der Waals surface area contributed by atoms with Crippen LogP contribution in [0.5, 0.6) is 0 Å². The summed E-state index contributed by atoms with van der Waals surface area (Å²) in [6, 6.07) is 0. The van der Waals surface area contributed by atoms with Crippen molar-refractivity contribution in [3.8, 4) is 0 Å². The molecule has 0 heterocycles. The lowest BCUT2D eigenvalue weighted by Gasteiger charge is -2.40. The van der Waals surface area contributed by atoms with Gasteiger partial charge in [-0.25, -0.2) is 0 Å². The summed E-state index contributed by atoms with van der Waals surface area (Å²) < 4.78 is 5.75. The average molecular weight is 286 g/mol. The van der Waals surface area contributed by atoms with Gasteiger partial charge in [0.05, 0.1) is 25.4 Å². The quantitative estimate of drug-likeness (QED) is 0.787. The fourth-order valence-electron chi connectivity index (χ4n) is 3.35. The third-order valence-corrected chi connectivity index (χ3v) is 4.37. The maximum Gasteiger partial charge on any atom is 0.0778 e. The van der Waals surface area contributed by atoms with E-state index in [1.165, 1.54) is 6.42 Å². The maximum atomic E-state index is 10.2. The minimum atomic E-state index is -0.401. The molecule has 0 radical (unpaired) electrons. The molecule has 0 aromatic rings. The van der Waals surface area contributed by atoms with E-state index in [0.29, 0.717) is 19.1 Å². The highest BCUT2D eigenvalue weighted by molar-refractivity contribution is 4.86. The Hall–Kier alpha value is -0.120.